The Morgan fingerprint density at radius 1 is 1.32 bits per heavy atom. The lowest BCUT2D eigenvalue weighted by atomic mass is 10.1. The van der Waals surface area contributed by atoms with Gasteiger partial charge in [0, 0.05) is 11.8 Å². The van der Waals surface area contributed by atoms with Crippen LogP contribution in [-0.4, -0.2) is 63.6 Å². The van der Waals surface area contributed by atoms with E-state index in [9.17, 15) is 23.5 Å². The molecular weight excluding hydrogens is 420 g/mol. The number of amides is 1. The van der Waals surface area contributed by atoms with Crippen LogP contribution >= 0.6 is 0 Å². The third-order valence-electron chi connectivity index (χ3n) is 5.02. The van der Waals surface area contributed by atoms with Crippen LogP contribution in [0, 0.1) is 6.92 Å². The lowest BCUT2D eigenvalue weighted by molar-refractivity contribution is -0.140. The van der Waals surface area contributed by atoms with Gasteiger partial charge in [0.25, 0.3) is 5.91 Å². The average Bonchev–Trinajstić information content (AvgIpc) is 2.96. The first-order valence-electron chi connectivity index (χ1n) is 9.35. The molecule has 12 heteroatoms. The van der Waals surface area contributed by atoms with Gasteiger partial charge in [0.2, 0.25) is 6.23 Å². The zero-order valence-electron chi connectivity index (χ0n) is 16.2. The maximum atomic E-state index is 14.3. The summed E-state index contributed by atoms with van der Waals surface area (Å²) in [6.45, 7) is 1.59. The average molecular weight is 439 g/mol. The Morgan fingerprint density at radius 2 is 2.00 bits per heavy atom. The summed E-state index contributed by atoms with van der Waals surface area (Å²) in [4.78, 5) is 28.5. The molecule has 0 radical (unpaired) electrons. The fourth-order valence-electron chi connectivity index (χ4n) is 3.40. The first-order chi connectivity index (χ1) is 14.7. The number of nitrogens with zero attached hydrogens (tertiary/aromatic N) is 2. The molecule has 1 unspecified atom stereocenters. The Morgan fingerprint density at radius 3 is 2.61 bits per heavy atom. The molecule has 2 aliphatic rings. The number of ether oxygens (including phenoxy) is 3. The molecule has 10 nitrogen and oxygen atoms in total. The van der Waals surface area contributed by atoms with Crippen LogP contribution in [0.4, 0.5) is 14.6 Å². The summed E-state index contributed by atoms with van der Waals surface area (Å²) in [6, 6.07) is 4.30. The number of carbonyl (C=O) groups is 1. The third kappa shape index (κ3) is 3.73. The standard InChI is InChI=1S/C19H19F2N3O7/c1-9-6-11-12(30-5-4-29-11)7-10(9)16(27)22-14-2-3-24(18(28)23-14)17-19(20,21)15(26)13(8-25)31-17/h2-3,6-7,13,15,17,25-26H,4-5,8H2,1H3,(H,22,23,27,28)/t13-,15-,17?/m1/s1. The summed E-state index contributed by atoms with van der Waals surface area (Å²) in [5.41, 5.74) is -0.278. The van der Waals surface area contributed by atoms with Crippen molar-refractivity contribution in [3.63, 3.8) is 0 Å². The zero-order chi connectivity index (χ0) is 22.3. The number of halogens is 2. The number of fused-ring (bicyclic) bond motifs is 1. The number of aliphatic hydroxyl groups is 2. The lowest BCUT2D eigenvalue weighted by Gasteiger charge is -2.21. The first-order valence-corrected chi connectivity index (χ1v) is 9.35. The van der Waals surface area contributed by atoms with Crippen LogP contribution in [0.1, 0.15) is 22.1 Å². The van der Waals surface area contributed by atoms with E-state index in [-0.39, 0.29) is 11.4 Å². The molecule has 0 spiro atoms. The van der Waals surface area contributed by atoms with Crippen molar-refractivity contribution in [3.05, 3.63) is 46.0 Å². The van der Waals surface area contributed by atoms with Gasteiger partial charge in [-0.05, 0) is 30.7 Å². The van der Waals surface area contributed by atoms with Gasteiger partial charge in [-0.15, -0.1) is 0 Å². The van der Waals surface area contributed by atoms with Gasteiger partial charge in [-0.2, -0.15) is 13.8 Å². The number of aryl methyl sites for hydroxylation is 1. The van der Waals surface area contributed by atoms with Crippen molar-refractivity contribution in [3.8, 4) is 11.5 Å². The number of nitrogens with one attached hydrogen (secondary N) is 1. The highest BCUT2D eigenvalue weighted by Crippen LogP contribution is 2.42. The van der Waals surface area contributed by atoms with Gasteiger partial charge >= 0.3 is 11.6 Å². The Balaban J connectivity index is 1.56. The smallest absolute Gasteiger partial charge is 0.351 e. The summed E-state index contributed by atoms with van der Waals surface area (Å²) >= 11 is 0. The van der Waals surface area contributed by atoms with Crippen molar-refractivity contribution in [1.29, 1.82) is 0 Å². The monoisotopic (exact) mass is 439 g/mol. The molecule has 2 aromatic rings. The second kappa shape index (κ2) is 7.87. The van der Waals surface area contributed by atoms with Crippen LogP contribution in [0.15, 0.2) is 29.2 Å². The van der Waals surface area contributed by atoms with Gasteiger partial charge in [0.15, 0.2) is 17.6 Å². The topological polar surface area (TPSA) is 132 Å². The van der Waals surface area contributed by atoms with E-state index in [0.717, 1.165) is 12.3 Å². The molecule has 1 aromatic carbocycles. The molecule has 0 aliphatic carbocycles. The maximum absolute atomic E-state index is 14.3. The molecule has 31 heavy (non-hydrogen) atoms. The Labute approximate surface area is 174 Å². The van der Waals surface area contributed by atoms with E-state index in [1.54, 1.807) is 13.0 Å². The van der Waals surface area contributed by atoms with E-state index >= 15 is 0 Å². The highest BCUT2D eigenvalue weighted by Gasteiger charge is 2.59. The van der Waals surface area contributed by atoms with E-state index in [2.05, 4.69) is 10.3 Å². The van der Waals surface area contributed by atoms with Crippen LogP contribution in [0.2, 0.25) is 0 Å². The minimum atomic E-state index is -3.83. The second-order valence-corrected chi connectivity index (χ2v) is 7.10. The molecule has 2 aliphatic heterocycles. The van der Waals surface area contributed by atoms with Crippen LogP contribution < -0.4 is 20.5 Å². The highest BCUT2D eigenvalue weighted by atomic mass is 19.3. The number of aromatic nitrogens is 2. The van der Waals surface area contributed by atoms with Crippen molar-refractivity contribution in [2.45, 2.75) is 31.3 Å². The number of hydrogen-bond acceptors (Lipinski definition) is 8. The number of aliphatic hydroxyl groups excluding tert-OH is 2. The number of benzene rings is 1. The van der Waals surface area contributed by atoms with Crippen LogP contribution in [-0.2, 0) is 4.74 Å². The van der Waals surface area contributed by atoms with Gasteiger partial charge in [-0.1, -0.05) is 0 Å². The van der Waals surface area contributed by atoms with Crippen LogP contribution in [0.3, 0.4) is 0 Å². The minimum absolute atomic E-state index is 0.166. The fourth-order valence-corrected chi connectivity index (χ4v) is 3.40. The molecule has 3 atom stereocenters. The summed E-state index contributed by atoms with van der Waals surface area (Å²) in [7, 11) is 0. The zero-order valence-corrected chi connectivity index (χ0v) is 16.2. The normalized spacial score (nSPS) is 24.1. The van der Waals surface area contributed by atoms with Gasteiger partial charge in [0.05, 0.1) is 6.61 Å². The van der Waals surface area contributed by atoms with Crippen molar-refractivity contribution < 1.29 is 38.0 Å². The quantitative estimate of drug-likeness (QED) is 0.626. The summed E-state index contributed by atoms with van der Waals surface area (Å²) in [5.74, 6) is -3.66. The number of carbonyl (C=O) groups excluding carboxylic acids is 1. The third-order valence-corrected chi connectivity index (χ3v) is 5.02. The van der Waals surface area contributed by atoms with E-state index in [0.29, 0.717) is 34.8 Å². The molecule has 1 saturated heterocycles. The second-order valence-electron chi connectivity index (χ2n) is 7.10. The van der Waals surface area contributed by atoms with E-state index in [4.69, 9.17) is 19.3 Å². The van der Waals surface area contributed by atoms with E-state index < -0.39 is 42.6 Å². The number of hydrogen-bond donors (Lipinski definition) is 3. The van der Waals surface area contributed by atoms with Crippen LogP contribution in [0.5, 0.6) is 11.5 Å². The van der Waals surface area contributed by atoms with Gasteiger partial charge in [-0.25, -0.2) is 4.79 Å². The number of alkyl halides is 2. The molecule has 1 aromatic heterocycles. The SMILES string of the molecule is Cc1cc2c(cc1C(=O)Nc1ccn(C3O[C@H](CO)[C@@H](O)C3(F)F)c(=O)n1)OCCO2. The predicted molar refractivity (Wildman–Crippen MR) is 101 cm³/mol. The summed E-state index contributed by atoms with van der Waals surface area (Å²) in [6.07, 6.45) is -5.02. The molecule has 3 heterocycles. The van der Waals surface area contributed by atoms with Crippen LogP contribution in [0.25, 0.3) is 0 Å². The highest BCUT2D eigenvalue weighted by molar-refractivity contribution is 6.05. The van der Waals surface area contributed by atoms with Crippen molar-refractivity contribution in [2.24, 2.45) is 0 Å². The van der Waals surface area contributed by atoms with E-state index in [1.807, 2.05) is 0 Å². The van der Waals surface area contributed by atoms with Gasteiger partial charge in [0.1, 0.15) is 25.1 Å². The summed E-state index contributed by atoms with van der Waals surface area (Å²) in [5, 5.41) is 21.1. The fraction of sp³-hybridized carbons (Fsp3) is 0.421. The molecule has 3 N–H and O–H groups in total. The van der Waals surface area contributed by atoms with Gasteiger partial charge < -0.3 is 29.7 Å². The summed E-state index contributed by atoms with van der Waals surface area (Å²) < 4.78 is 44.8. The molecule has 4 rings (SSSR count). The molecule has 1 amide bonds. The number of anilines is 1. The van der Waals surface area contributed by atoms with Crippen molar-refractivity contribution in [1.82, 2.24) is 9.55 Å². The molecule has 1 fully saturated rings. The van der Waals surface area contributed by atoms with E-state index in [1.165, 1.54) is 6.07 Å². The molecule has 166 valence electrons. The molecule has 0 bridgehead atoms. The number of rotatable bonds is 4. The largest absolute Gasteiger partial charge is 0.486 e. The predicted octanol–water partition coefficient (Wildman–Crippen LogP) is 0.461. The Hall–Kier alpha value is -3.09. The minimum Gasteiger partial charge on any atom is -0.486 e. The molecule has 0 saturated carbocycles. The maximum Gasteiger partial charge on any atom is 0.351 e. The van der Waals surface area contributed by atoms with Crippen molar-refractivity contribution in [2.75, 3.05) is 25.1 Å². The molecular formula is C19H19F2N3O7. The van der Waals surface area contributed by atoms with Gasteiger partial charge in [-0.3, -0.25) is 9.36 Å². The first kappa shape index (κ1) is 21.2. The van der Waals surface area contributed by atoms with Crippen molar-refractivity contribution >= 4 is 11.7 Å². The Bertz CT molecular complexity index is 1070. The lowest BCUT2D eigenvalue weighted by Crippen LogP contribution is -2.41. The Kier molecular flexibility index (Phi) is 5.37.